The SMILES string of the molecule is CC(C)C1CN(C(=O)C(CC(=O)O)NC(=O)OCC2c3ccccc3-c3ccccc32)CCN1Cc1ccccc1. The number of carboxylic acid groups (broad SMARTS) is 1. The van der Waals surface area contributed by atoms with Gasteiger partial charge in [0.2, 0.25) is 5.91 Å². The van der Waals surface area contributed by atoms with Crippen molar-refractivity contribution >= 4 is 18.0 Å². The number of piperazine rings is 1. The molecule has 8 nitrogen and oxygen atoms in total. The van der Waals surface area contributed by atoms with Crippen molar-refractivity contribution < 1.29 is 24.2 Å². The number of ether oxygens (including phenoxy) is 1. The monoisotopic (exact) mass is 555 g/mol. The van der Waals surface area contributed by atoms with Crippen LogP contribution in [-0.4, -0.2) is 71.2 Å². The van der Waals surface area contributed by atoms with Gasteiger partial charge in [-0.2, -0.15) is 0 Å². The van der Waals surface area contributed by atoms with Gasteiger partial charge in [-0.15, -0.1) is 0 Å². The fourth-order valence-electron chi connectivity index (χ4n) is 6.07. The molecule has 0 saturated carbocycles. The van der Waals surface area contributed by atoms with Gasteiger partial charge in [0.15, 0.2) is 0 Å². The van der Waals surface area contributed by atoms with E-state index in [1.165, 1.54) is 5.56 Å². The van der Waals surface area contributed by atoms with Crippen molar-refractivity contribution in [3.63, 3.8) is 0 Å². The Morgan fingerprint density at radius 1 is 0.902 bits per heavy atom. The molecule has 2 aliphatic rings. The Kier molecular flexibility index (Phi) is 8.69. The van der Waals surface area contributed by atoms with Crippen molar-refractivity contribution in [3.8, 4) is 11.1 Å². The highest BCUT2D eigenvalue weighted by molar-refractivity contribution is 5.89. The van der Waals surface area contributed by atoms with E-state index >= 15 is 0 Å². The second-order valence-electron chi connectivity index (χ2n) is 11.2. The van der Waals surface area contributed by atoms with Gasteiger partial charge in [-0.1, -0.05) is 92.7 Å². The van der Waals surface area contributed by atoms with E-state index in [1.807, 2.05) is 54.6 Å². The second-order valence-corrected chi connectivity index (χ2v) is 11.2. The van der Waals surface area contributed by atoms with Crippen LogP contribution in [0.1, 0.15) is 42.9 Å². The van der Waals surface area contributed by atoms with Crippen LogP contribution in [0.2, 0.25) is 0 Å². The predicted molar refractivity (Wildman–Crippen MR) is 156 cm³/mol. The van der Waals surface area contributed by atoms with Crippen molar-refractivity contribution in [2.24, 2.45) is 5.92 Å². The van der Waals surface area contributed by atoms with E-state index < -0.39 is 30.4 Å². The van der Waals surface area contributed by atoms with Gasteiger partial charge in [0, 0.05) is 38.1 Å². The van der Waals surface area contributed by atoms with E-state index in [4.69, 9.17) is 4.74 Å². The van der Waals surface area contributed by atoms with E-state index in [1.54, 1.807) is 4.90 Å². The molecule has 41 heavy (non-hydrogen) atoms. The minimum Gasteiger partial charge on any atom is -0.481 e. The van der Waals surface area contributed by atoms with Crippen LogP contribution in [0, 0.1) is 5.92 Å². The number of amides is 2. The molecule has 3 aromatic rings. The number of nitrogens with one attached hydrogen (secondary N) is 1. The maximum atomic E-state index is 13.6. The number of benzene rings is 3. The third-order valence-electron chi connectivity index (χ3n) is 8.16. The molecular weight excluding hydrogens is 518 g/mol. The summed E-state index contributed by atoms with van der Waals surface area (Å²) in [5.74, 6) is -1.41. The minimum atomic E-state index is -1.21. The molecule has 5 rings (SSSR count). The van der Waals surface area contributed by atoms with Crippen LogP contribution in [0.5, 0.6) is 0 Å². The first kappa shape index (κ1) is 28.4. The summed E-state index contributed by atoms with van der Waals surface area (Å²) >= 11 is 0. The summed E-state index contributed by atoms with van der Waals surface area (Å²) in [6, 6.07) is 25.2. The summed E-state index contributed by atoms with van der Waals surface area (Å²) in [4.78, 5) is 42.2. The third kappa shape index (κ3) is 6.43. The summed E-state index contributed by atoms with van der Waals surface area (Å²) in [5.41, 5.74) is 5.59. The summed E-state index contributed by atoms with van der Waals surface area (Å²) in [6.07, 6.45) is -1.31. The average Bonchev–Trinajstić information content (AvgIpc) is 3.29. The molecule has 0 spiro atoms. The smallest absolute Gasteiger partial charge is 0.407 e. The average molecular weight is 556 g/mol. The predicted octanol–water partition coefficient (Wildman–Crippen LogP) is 4.74. The van der Waals surface area contributed by atoms with Gasteiger partial charge in [0.1, 0.15) is 12.6 Å². The Morgan fingerprint density at radius 2 is 1.51 bits per heavy atom. The lowest BCUT2D eigenvalue weighted by atomic mass is 9.98. The van der Waals surface area contributed by atoms with E-state index in [-0.39, 0.29) is 24.5 Å². The third-order valence-corrected chi connectivity index (χ3v) is 8.16. The molecule has 0 radical (unpaired) electrons. The van der Waals surface area contributed by atoms with Crippen LogP contribution in [-0.2, 0) is 20.9 Å². The Bertz CT molecular complexity index is 1350. The quantitative estimate of drug-likeness (QED) is 0.396. The number of carboxylic acids is 1. The van der Waals surface area contributed by atoms with Gasteiger partial charge in [0.05, 0.1) is 6.42 Å². The molecule has 1 aliphatic heterocycles. The maximum Gasteiger partial charge on any atom is 0.407 e. The molecule has 214 valence electrons. The van der Waals surface area contributed by atoms with Crippen LogP contribution in [0.4, 0.5) is 4.79 Å². The van der Waals surface area contributed by atoms with Crippen LogP contribution in [0.25, 0.3) is 11.1 Å². The highest BCUT2D eigenvalue weighted by Gasteiger charge is 2.36. The zero-order chi connectivity index (χ0) is 28.9. The fraction of sp³-hybridized carbons (Fsp3) is 0.364. The zero-order valence-electron chi connectivity index (χ0n) is 23.5. The van der Waals surface area contributed by atoms with Gasteiger partial charge < -0.3 is 20.1 Å². The molecule has 8 heteroatoms. The normalized spacial score (nSPS) is 17.5. The fourth-order valence-corrected chi connectivity index (χ4v) is 6.07. The van der Waals surface area contributed by atoms with Crippen molar-refractivity contribution in [3.05, 3.63) is 95.6 Å². The lowest BCUT2D eigenvalue weighted by Crippen LogP contribution is -2.59. The molecule has 2 amide bonds. The topological polar surface area (TPSA) is 99.2 Å². The summed E-state index contributed by atoms with van der Waals surface area (Å²) in [6.45, 7) is 6.70. The number of rotatable bonds is 9. The van der Waals surface area contributed by atoms with Gasteiger partial charge in [0.25, 0.3) is 0 Å². The first-order valence-corrected chi connectivity index (χ1v) is 14.2. The number of nitrogens with zero attached hydrogens (tertiary/aromatic N) is 2. The molecule has 2 atom stereocenters. The van der Waals surface area contributed by atoms with Crippen molar-refractivity contribution in [1.82, 2.24) is 15.1 Å². The number of hydrogen-bond donors (Lipinski definition) is 2. The lowest BCUT2D eigenvalue weighted by molar-refractivity contribution is -0.144. The van der Waals surface area contributed by atoms with E-state index in [2.05, 4.69) is 48.3 Å². The van der Waals surface area contributed by atoms with Crippen LogP contribution >= 0.6 is 0 Å². The number of fused-ring (bicyclic) bond motifs is 3. The van der Waals surface area contributed by atoms with Crippen LogP contribution in [0.3, 0.4) is 0 Å². The Morgan fingerprint density at radius 3 is 2.12 bits per heavy atom. The largest absolute Gasteiger partial charge is 0.481 e. The Labute approximate surface area is 240 Å². The molecular formula is C33H37N3O5. The number of hydrogen-bond acceptors (Lipinski definition) is 5. The van der Waals surface area contributed by atoms with Crippen molar-refractivity contribution in [1.29, 1.82) is 0 Å². The summed E-state index contributed by atoms with van der Waals surface area (Å²) in [5, 5.41) is 12.1. The molecule has 1 saturated heterocycles. The standard InChI is InChI=1S/C33H37N3O5/c1-22(2)30-20-36(17-16-35(30)19-23-10-4-3-5-11-23)32(39)29(18-31(37)38)34-33(40)41-21-28-26-14-8-6-12-24(26)25-13-7-9-15-27(25)28/h3-15,22,28-30H,16-21H2,1-2H3,(H,34,40)(H,37,38). The molecule has 0 aromatic heterocycles. The molecule has 2 N–H and O–H groups in total. The molecule has 3 aromatic carbocycles. The minimum absolute atomic E-state index is 0.0847. The first-order chi connectivity index (χ1) is 19.8. The maximum absolute atomic E-state index is 13.6. The highest BCUT2D eigenvalue weighted by Crippen LogP contribution is 2.44. The number of aliphatic carboxylic acids is 1. The number of alkyl carbamates (subject to hydrolysis) is 1. The Hall–Kier alpha value is -4.17. The first-order valence-electron chi connectivity index (χ1n) is 14.2. The zero-order valence-corrected chi connectivity index (χ0v) is 23.5. The molecule has 2 unspecified atom stereocenters. The van der Waals surface area contributed by atoms with Gasteiger partial charge in [-0.3, -0.25) is 14.5 Å². The lowest BCUT2D eigenvalue weighted by Gasteiger charge is -2.44. The van der Waals surface area contributed by atoms with Crippen molar-refractivity contribution in [2.45, 2.75) is 44.8 Å². The van der Waals surface area contributed by atoms with Gasteiger partial charge in [-0.25, -0.2) is 4.79 Å². The molecule has 1 heterocycles. The van der Waals surface area contributed by atoms with Gasteiger partial charge in [-0.05, 0) is 33.7 Å². The van der Waals surface area contributed by atoms with E-state index in [0.717, 1.165) is 28.8 Å². The van der Waals surface area contributed by atoms with Gasteiger partial charge >= 0.3 is 12.1 Å². The van der Waals surface area contributed by atoms with Crippen LogP contribution in [0.15, 0.2) is 78.9 Å². The summed E-state index contributed by atoms with van der Waals surface area (Å²) < 4.78 is 5.61. The van der Waals surface area contributed by atoms with E-state index in [0.29, 0.717) is 19.6 Å². The van der Waals surface area contributed by atoms with E-state index in [9.17, 15) is 19.5 Å². The van der Waals surface area contributed by atoms with Crippen molar-refractivity contribution in [2.75, 3.05) is 26.2 Å². The highest BCUT2D eigenvalue weighted by atomic mass is 16.5. The van der Waals surface area contributed by atoms with Crippen LogP contribution < -0.4 is 5.32 Å². The number of carbonyl (C=O) groups is 3. The summed E-state index contributed by atoms with van der Waals surface area (Å²) in [7, 11) is 0. The molecule has 1 aliphatic carbocycles. The molecule has 1 fully saturated rings. The second kappa shape index (κ2) is 12.6. The molecule has 0 bridgehead atoms. The Balaban J connectivity index is 1.23. The number of carbonyl (C=O) groups excluding carboxylic acids is 2.